The number of hydrogen-bond donors (Lipinski definition) is 0. The summed E-state index contributed by atoms with van der Waals surface area (Å²) in [5.74, 6) is 2.48. The molecule has 96 valence electrons. The third-order valence-corrected chi connectivity index (χ3v) is 2.95. The van der Waals surface area contributed by atoms with Crippen LogP contribution in [0.2, 0.25) is 0 Å². The van der Waals surface area contributed by atoms with Crippen LogP contribution < -0.4 is 9.47 Å². The van der Waals surface area contributed by atoms with E-state index >= 15 is 0 Å². The smallest absolute Gasteiger partial charge is 0.222 e. The monoisotopic (exact) mass is 266 g/mol. The fraction of sp³-hybridized carbons (Fsp3) is 0.308. The second-order valence-corrected chi connectivity index (χ2v) is 4.17. The number of benzene rings is 1. The lowest BCUT2D eigenvalue weighted by Crippen LogP contribution is -1.96. The van der Waals surface area contributed by atoms with Gasteiger partial charge in [-0.2, -0.15) is 5.10 Å². The van der Waals surface area contributed by atoms with Gasteiger partial charge in [-0.1, -0.05) is 6.07 Å². The number of alkyl halides is 1. The van der Waals surface area contributed by atoms with Crippen LogP contribution in [0.3, 0.4) is 0 Å². The van der Waals surface area contributed by atoms with Crippen LogP contribution in [0.25, 0.3) is 0 Å². The highest BCUT2D eigenvalue weighted by molar-refractivity contribution is 6.17. The Hall–Kier alpha value is -1.68. The Morgan fingerprint density at radius 1 is 1.33 bits per heavy atom. The van der Waals surface area contributed by atoms with Crippen LogP contribution in [0.15, 0.2) is 24.3 Å². The van der Waals surface area contributed by atoms with Gasteiger partial charge >= 0.3 is 0 Å². The van der Waals surface area contributed by atoms with Gasteiger partial charge in [0.1, 0.15) is 11.5 Å². The number of methoxy groups -OCH3 is 1. The van der Waals surface area contributed by atoms with Gasteiger partial charge in [-0.3, -0.25) is 0 Å². The van der Waals surface area contributed by atoms with Crippen LogP contribution in [-0.4, -0.2) is 16.9 Å². The van der Waals surface area contributed by atoms with Crippen molar-refractivity contribution in [3.63, 3.8) is 0 Å². The molecule has 0 saturated heterocycles. The molecule has 0 saturated carbocycles. The molecule has 0 aliphatic rings. The largest absolute Gasteiger partial charge is 0.497 e. The summed E-state index contributed by atoms with van der Waals surface area (Å²) in [7, 11) is 3.45. The Morgan fingerprint density at radius 2 is 2.06 bits per heavy atom. The lowest BCUT2D eigenvalue weighted by Gasteiger charge is -2.08. The van der Waals surface area contributed by atoms with Crippen molar-refractivity contribution in [1.29, 1.82) is 0 Å². The van der Waals surface area contributed by atoms with Crippen LogP contribution in [0.4, 0.5) is 0 Å². The molecule has 2 aromatic rings. The number of halogens is 1. The fourth-order valence-electron chi connectivity index (χ4n) is 1.74. The second-order valence-electron chi connectivity index (χ2n) is 3.91. The number of aryl methyl sites for hydroxylation is 2. The van der Waals surface area contributed by atoms with Crippen molar-refractivity contribution in [2.75, 3.05) is 7.11 Å². The topological polar surface area (TPSA) is 36.3 Å². The van der Waals surface area contributed by atoms with Crippen LogP contribution in [0, 0.1) is 6.92 Å². The van der Waals surface area contributed by atoms with Crippen LogP contribution in [0.1, 0.15) is 11.3 Å². The molecule has 0 radical (unpaired) electrons. The molecule has 2 rings (SSSR count). The molecular formula is C13H15ClN2O2. The minimum absolute atomic E-state index is 0.374. The van der Waals surface area contributed by atoms with E-state index in [0.717, 1.165) is 17.0 Å². The fourth-order valence-corrected chi connectivity index (χ4v) is 2.05. The Morgan fingerprint density at radius 3 is 2.72 bits per heavy atom. The number of hydrogen-bond acceptors (Lipinski definition) is 3. The zero-order valence-corrected chi connectivity index (χ0v) is 11.4. The SMILES string of the molecule is COc1cccc(Oc2c(CCl)c(C)nn2C)c1. The lowest BCUT2D eigenvalue weighted by molar-refractivity contribution is 0.401. The first-order valence-corrected chi connectivity index (χ1v) is 6.09. The van der Waals surface area contributed by atoms with Gasteiger partial charge in [0.25, 0.3) is 0 Å². The molecule has 0 fully saturated rings. The maximum Gasteiger partial charge on any atom is 0.222 e. The maximum absolute atomic E-state index is 5.92. The Kier molecular flexibility index (Phi) is 3.77. The van der Waals surface area contributed by atoms with E-state index in [2.05, 4.69) is 5.10 Å². The van der Waals surface area contributed by atoms with Crippen molar-refractivity contribution in [3.05, 3.63) is 35.5 Å². The van der Waals surface area contributed by atoms with Crippen LogP contribution in [-0.2, 0) is 12.9 Å². The quantitative estimate of drug-likeness (QED) is 0.797. The van der Waals surface area contributed by atoms with E-state index in [0.29, 0.717) is 17.5 Å². The van der Waals surface area contributed by atoms with E-state index in [4.69, 9.17) is 21.1 Å². The maximum atomic E-state index is 5.92. The van der Waals surface area contributed by atoms with E-state index in [9.17, 15) is 0 Å². The standard InChI is InChI=1S/C13H15ClN2O2/c1-9-12(8-14)13(16(2)15-9)18-11-6-4-5-10(7-11)17-3/h4-7H,8H2,1-3H3. The molecule has 1 heterocycles. The molecule has 0 spiro atoms. The van der Waals surface area contributed by atoms with Crippen LogP contribution >= 0.6 is 11.6 Å². The van der Waals surface area contributed by atoms with Gasteiger partial charge in [0.2, 0.25) is 5.88 Å². The van der Waals surface area contributed by atoms with Crippen LogP contribution in [0.5, 0.6) is 17.4 Å². The summed E-state index contributed by atoms with van der Waals surface area (Å²) < 4.78 is 12.7. The summed E-state index contributed by atoms with van der Waals surface area (Å²) in [6, 6.07) is 7.42. The molecule has 4 nitrogen and oxygen atoms in total. The zero-order chi connectivity index (χ0) is 13.1. The summed E-state index contributed by atoms with van der Waals surface area (Å²) in [5, 5.41) is 4.30. The predicted molar refractivity (Wildman–Crippen MR) is 70.6 cm³/mol. The molecule has 18 heavy (non-hydrogen) atoms. The number of nitrogens with zero attached hydrogens (tertiary/aromatic N) is 2. The summed E-state index contributed by atoms with van der Waals surface area (Å²) in [5.41, 5.74) is 1.78. The first-order chi connectivity index (χ1) is 8.65. The molecule has 0 N–H and O–H groups in total. The van der Waals surface area contributed by atoms with Gasteiger partial charge in [-0.05, 0) is 19.1 Å². The Bertz CT molecular complexity index is 552. The van der Waals surface area contributed by atoms with Crippen molar-refractivity contribution < 1.29 is 9.47 Å². The minimum atomic E-state index is 0.374. The molecule has 0 atom stereocenters. The van der Waals surface area contributed by atoms with Gasteiger partial charge in [0, 0.05) is 13.1 Å². The van der Waals surface area contributed by atoms with Gasteiger partial charge in [-0.25, -0.2) is 4.68 Å². The summed E-state index contributed by atoms with van der Waals surface area (Å²) in [6.45, 7) is 1.91. The van der Waals surface area contributed by atoms with Crippen molar-refractivity contribution in [2.45, 2.75) is 12.8 Å². The number of rotatable bonds is 4. The highest BCUT2D eigenvalue weighted by atomic mass is 35.5. The zero-order valence-electron chi connectivity index (χ0n) is 10.6. The van der Waals surface area contributed by atoms with E-state index in [1.54, 1.807) is 11.8 Å². The molecule has 0 aliphatic heterocycles. The van der Waals surface area contributed by atoms with Crippen molar-refractivity contribution >= 4 is 11.6 Å². The van der Waals surface area contributed by atoms with E-state index in [-0.39, 0.29) is 0 Å². The third-order valence-electron chi connectivity index (χ3n) is 2.68. The van der Waals surface area contributed by atoms with Crippen molar-refractivity contribution in [3.8, 4) is 17.4 Å². The average molecular weight is 267 g/mol. The summed E-state index contributed by atoms with van der Waals surface area (Å²) in [4.78, 5) is 0. The van der Waals surface area contributed by atoms with E-state index in [1.807, 2.05) is 38.2 Å². The molecule has 1 aromatic carbocycles. The number of ether oxygens (including phenoxy) is 2. The number of aromatic nitrogens is 2. The predicted octanol–water partition coefficient (Wildman–Crippen LogP) is 3.27. The average Bonchev–Trinajstić information content (AvgIpc) is 2.64. The van der Waals surface area contributed by atoms with E-state index < -0.39 is 0 Å². The summed E-state index contributed by atoms with van der Waals surface area (Å²) >= 11 is 5.92. The normalized spacial score (nSPS) is 10.4. The van der Waals surface area contributed by atoms with Gasteiger partial charge in [0.15, 0.2) is 0 Å². The summed E-state index contributed by atoms with van der Waals surface area (Å²) in [6.07, 6.45) is 0. The highest BCUT2D eigenvalue weighted by Gasteiger charge is 2.14. The molecule has 0 bridgehead atoms. The first kappa shape index (κ1) is 12.8. The van der Waals surface area contributed by atoms with Gasteiger partial charge in [-0.15, -0.1) is 11.6 Å². The Balaban J connectivity index is 2.33. The third kappa shape index (κ3) is 2.43. The molecule has 0 aliphatic carbocycles. The molecule has 0 amide bonds. The highest BCUT2D eigenvalue weighted by Crippen LogP contribution is 2.30. The van der Waals surface area contributed by atoms with Gasteiger partial charge < -0.3 is 9.47 Å². The van der Waals surface area contributed by atoms with E-state index in [1.165, 1.54) is 0 Å². The van der Waals surface area contributed by atoms with Crippen molar-refractivity contribution in [1.82, 2.24) is 9.78 Å². The minimum Gasteiger partial charge on any atom is -0.497 e. The first-order valence-electron chi connectivity index (χ1n) is 5.56. The molecular weight excluding hydrogens is 252 g/mol. The van der Waals surface area contributed by atoms with Gasteiger partial charge in [0.05, 0.1) is 24.2 Å². The second kappa shape index (κ2) is 5.31. The molecule has 1 aromatic heterocycles. The Labute approximate surface area is 111 Å². The molecule has 0 unspecified atom stereocenters. The molecule has 5 heteroatoms. The lowest BCUT2D eigenvalue weighted by atomic mass is 10.3. The van der Waals surface area contributed by atoms with Crippen molar-refractivity contribution in [2.24, 2.45) is 7.05 Å².